The van der Waals surface area contributed by atoms with Gasteiger partial charge in [-0.15, -0.1) is 0 Å². The summed E-state index contributed by atoms with van der Waals surface area (Å²) in [5.41, 5.74) is -0.726. The van der Waals surface area contributed by atoms with Crippen LogP contribution in [0.3, 0.4) is 0 Å². The van der Waals surface area contributed by atoms with Gasteiger partial charge in [0.1, 0.15) is 12.4 Å². The number of halogens is 2. The van der Waals surface area contributed by atoms with Crippen LogP contribution in [0.5, 0.6) is 5.75 Å². The lowest BCUT2D eigenvalue weighted by Gasteiger charge is -2.28. The zero-order valence-corrected chi connectivity index (χ0v) is 12.0. The van der Waals surface area contributed by atoms with Gasteiger partial charge in [0.05, 0.1) is 16.2 Å². The number of aldehydes is 1. The van der Waals surface area contributed by atoms with E-state index < -0.39 is 5.60 Å². The Bertz CT molecular complexity index is 442. The molecule has 5 heteroatoms. The number of rotatable bonds is 5. The number of ether oxygens (including phenoxy) is 1. The van der Waals surface area contributed by atoms with Gasteiger partial charge in [-0.1, -0.05) is 37.0 Å². The minimum atomic E-state index is -0.997. The van der Waals surface area contributed by atoms with Gasteiger partial charge < -0.3 is 9.84 Å². The molecule has 0 aliphatic rings. The fraction of sp³-hybridized carbons (Fsp3) is 0.462. The van der Waals surface area contributed by atoms with E-state index in [-0.39, 0.29) is 28.9 Å². The molecule has 18 heavy (non-hydrogen) atoms. The summed E-state index contributed by atoms with van der Waals surface area (Å²) < 4.78 is 5.47. The van der Waals surface area contributed by atoms with Crippen LogP contribution in [0, 0.1) is 5.92 Å². The monoisotopic (exact) mass is 290 g/mol. The summed E-state index contributed by atoms with van der Waals surface area (Å²) in [7, 11) is 0. The van der Waals surface area contributed by atoms with Crippen LogP contribution in [0.2, 0.25) is 10.0 Å². The van der Waals surface area contributed by atoms with E-state index in [1.807, 2.05) is 13.8 Å². The van der Waals surface area contributed by atoms with E-state index in [9.17, 15) is 9.90 Å². The van der Waals surface area contributed by atoms with Gasteiger partial charge in [0.2, 0.25) is 0 Å². The average molecular weight is 291 g/mol. The molecule has 0 heterocycles. The van der Waals surface area contributed by atoms with Gasteiger partial charge in [-0.25, -0.2) is 0 Å². The minimum Gasteiger partial charge on any atom is -0.488 e. The topological polar surface area (TPSA) is 46.5 Å². The van der Waals surface area contributed by atoms with Crippen molar-refractivity contribution in [2.24, 2.45) is 5.92 Å². The molecule has 0 fully saturated rings. The molecular formula is C13H16Cl2O3. The van der Waals surface area contributed by atoms with E-state index in [1.54, 1.807) is 6.92 Å². The maximum Gasteiger partial charge on any atom is 0.153 e. The Balaban J connectivity index is 2.95. The molecule has 0 saturated carbocycles. The molecule has 3 nitrogen and oxygen atoms in total. The molecule has 1 N–H and O–H groups in total. The van der Waals surface area contributed by atoms with E-state index in [0.717, 1.165) is 0 Å². The van der Waals surface area contributed by atoms with Crippen LogP contribution in [-0.2, 0) is 0 Å². The fourth-order valence-corrected chi connectivity index (χ4v) is 1.77. The zero-order chi connectivity index (χ0) is 13.9. The lowest BCUT2D eigenvalue weighted by molar-refractivity contribution is -0.0267. The maximum absolute atomic E-state index is 10.9. The Hall–Kier alpha value is -0.770. The van der Waals surface area contributed by atoms with E-state index in [0.29, 0.717) is 11.3 Å². The second-order valence-corrected chi connectivity index (χ2v) is 5.57. The zero-order valence-electron chi connectivity index (χ0n) is 10.5. The Morgan fingerprint density at radius 2 is 2.06 bits per heavy atom. The van der Waals surface area contributed by atoms with Crippen molar-refractivity contribution in [2.75, 3.05) is 6.61 Å². The third-order valence-electron chi connectivity index (χ3n) is 2.92. The summed E-state index contributed by atoms with van der Waals surface area (Å²) in [5.74, 6) is 0.264. The van der Waals surface area contributed by atoms with Gasteiger partial charge in [0, 0.05) is 5.02 Å². The first-order chi connectivity index (χ1) is 8.27. The molecule has 0 radical (unpaired) electrons. The van der Waals surface area contributed by atoms with Gasteiger partial charge in [0.15, 0.2) is 6.29 Å². The van der Waals surface area contributed by atoms with Crippen molar-refractivity contribution >= 4 is 29.5 Å². The number of benzene rings is 1. The highest BCUT2D eigenvalue weighted by Gasteiger charge is 2.26. The molecule has 0 bridgehead atoms. The van der Waals surface area contributed by atoms with Gasteiger partial charge in [-0.05, 0) is 25.0 Å². The first kappa shape index (κ1) is 15.3. The average Bonchev–Trinajstić information content (AvgIpc) is 2.26. The van der Waals surface area contributed by atoms with Crippen LogP contribution >= 0.6 is 23.2 Å². The van der Waals surface area contributed by atoms with Crippen LogP contribution in [0.15, 0.2) is 12.1 Å². The quantitative estimate of drug-likeness (QED) is 0.843. The summed E-state index contributed by atoms with van der Waals surface area (Å²) in [6.07, 6.45) is 0.622. The van der Waals surface area contributed by atoms with E-state index in [1.165, 1.54) is 12.1 Å². The number of aliphatic hydroxyl groups is 1. The molecule has 0 saturated heterocycles. The Morgan fingerprint density at radius 1 is 1.44 bits per heavy atom. The fourth-order valence-electron chi connectivity index (χ4n) is 1.21. The molecule has 100 valence electrons. The van der Waals surface area contributed by atoms with E-state index in [2.05, 4.69) is 0 Å². The first-order valence-electron chi connectivity index (χ1n) is 5.57. The summed E-state index contributed by atoms with van der Waals surface area (Å²) in [4.78, 5) is 10.9. The number of carbonyl (C=O) groups excluding carboxylic acids is 1. The Kier molecular flexibility index (Phi) is 5.02. The van der Waals surface area contributed by atoms with Crippen LogP contribution < -0.4 is 4.74 Å². The second kappa shape index (κ2) is 5.91. The van der Waals surface area contributed by atoms with E-state index in [4.69, 9.17) is 27.9 Å². The number of hydrogen-bond donors (Lipinski definition) is 1. The maximum atomic E-state index is 10.9. The molecule has 1 aromatic carbocycles. The van der Waals surface area contributed by atoms with Gasteiger partial charge >= 0.3 is 0 Å². The lowest BCUT2D eigenvalue weighted by Crippen LogP contribution is -2.38. The van der Waals surface area contributed by atoms with E-state index >= 15 is 0 Å². The van der Waals surface area contributed by atoms with Crippen molar-refractivity contribution in [1.82, 2.24) is 0 Å². The highest BCUT2D eigenvalue weighted by Crippen LogP contribution is 2.32. The van der Waals surface area contributed by atoms with Gasteiger partial charge in [0.25, 0.3) is 0 Å². The summed E-state index contributed by atoms with van der Waals surface area (Å²) in [5, 5.41) is 10.7. The first-order valence-corrected chi connectivity index (χ1v) is 6.33. The van der Waals surface area contributed by atoms with Crippen LogP contribution in [-0.4, -0.2) is 23.6 Å². The molecule has 0 amide bonds. The normalized spacial score (nSPS) is 14.4. The Morgan fingerprint density at radius 3 is 2.56 bits per heavy atom. The van der Waals surface area contributed by atoms with Crippen LogP contribution in [0.1, 0.15) is 31.1 Å². The lowest BCUT2D eigenvalue weighted by atomic mass is 9.94. The van der Waals surface area contributed by atoms with Crippen molar-refractivity contribution in [1.29, 1.82) is 0 Å². The smallest absolute Gasteiger partial charge is 0.153 e. The van der Waals surface area contributed by atoms with Crippen molar-refractivity contribution in [3.8, 4) is 5.75 Å². The number of hydrogen-bond acceptors (Lipinski definition) is 3. The molecule has 0 spiro atoms. The highest BCUT2D eigenvalue weighted by atomic mass is 35.5. The van der Waals surface area contributed by atoms with Crippen LogP contribution in [0.4, 0.5) is 0 Å². The van der Waals surface area contributed by atoms with Crippen molar-refractivity contribution in [3.05, 3.63) is 27.7 Å². The van der Waals surface area contributed by atoms with Gasteiger partial charge in [-0.3, -0.25) is 4.79 Å². The predicted octanol–water partition coefficient (Wildman–Crippen LogP) is 3.59. The summed E-state index contributed by atoms with van der Waals surface area (Å²) in [6, 6.07) is 2.97. The molecule has 0 aliphatic heterocycles. The molecule has 1 aromatic rings. The molecular weight excluding hydrogens is 275 g/mol. The molecule has 0 aliphatic carbocycles. The van der Waals surface area contributed by atoms with Crippen molar-refractivity contribution in [2.45, 2.75) is 26.4 Å². The summed E-state index contributed by atoms with van der Waals surface area (Å²) >= 11 is 11.8. The van der Waals surface area contributed by atoms with Crippen molar-refractivity contribution in [3.63, 3.8) is 0 Å². The van der Waals surface area contributed by atoms with Gasteiger partial charge in [-0.2, -0.15) is 0 Å². The minimum absolute atomic E-state index is 0.0169. The predicted molar refractivity (Wildman–Crippen MR) is 72.8 cm³/mol. The van der Waals surface area contributed by atoms with Crippen molar-refractivity contribution < 1.29 is 14.6 Å². The number of carbonyl (C=O) groups is 1. The molecule has 0 aromatic heterocycles. The molecule has 1 unspecified atom stereocenters. The largest absolute Gasteiger partial charge is 0.488 e. The highest BCUT2D eigenvalue weighted by molar-refractivity contribution is 6.36. The SMILES string of the molecule is CC(C)C(C)(O)COc1c(Cl)cc(Cl)cc1C=O. The standard InChI is InChI=1S/C13H16Cl2O3/c1-8(2)13(3,17)7-18-12-9(6-16)4-10(14)5-11(12)15/h4-6,8,17H,7H2,1-3H3. The molecule has 1 rings (SSSR count). The second-order valence-electron chi connectivity index (χ2n) is 4.72. The third kappa shape index (κ3) is 3.61. The molecule has 1 atom stereocenters. The third-order valence-corrected chi connectivity index (χ3v) is 3.42. The summed E-state index contributed by atoms with van der Waals surface area (Å²) in [6.45, 7) is 5.48. The Labute approximate surface area is 117 Å². The van der Waals surface area contributed by atoms with Crippen LogP contribution in [0.25, 0.3) is 0 Å².